The van der Waals surface area contributed by atoms with E-state index in [-0.39, 0.29) is 0 Å². The summed E-state index contributed by atoms with van der Waals surface area (Å²) in [7, 11) is 0. The van der Waals surface area contributed by atoms with Gasteiger partial charge in [0.05, 0.1) is 17.9 Å². The predicted molar refractivity (Wildman–Crippen MR) is 88.7 cm³/mol. The van der Waals surface area contributed by atoms with Crippen LogP contribution in [0.3, 0.4) is 0 Å². The first kappa shape index (κ1) is 12.8. The summed E-state index contributed by atoms with van der Waals surface area (Å²) in [5, 5.41) is 4.31. The van der Waals surface area contributed by atoms with Crippen LogP contribution in [0.5, 0.6) is 0 Å². The number of benzene rings is 2. The maximum Gasteiger partial charge on any atom is 0.149 e. The van der Waals surface area contributed by atoms with Gasteiger partial charge in [-0.1, -0.05) is 42.5 Å². The molecule has 2 heterocycles. The second kappa shape index (κ2) is 5.48. The van der Waals surface area contributed by atoms with Crippen LogP contribution in [0.15, 0.2) is 78.0 Å². The SMILES string of the molecule is c1ccc(CN2CC(n3cccn3)=Nc3ccccc32)cc1. The maximum atomic E-state index is 4.76. The number of aliphatic imine (C=N–C) groups is 1. The lowest BCUT2D eigenvalue weighted by atomic mass is 10.1. The Kier molecular flexibility index (Phi) is 3.20. The topological polar surface area (TPSA) is 33.4 Å². The van der Waals surface area contributed by atoms with Gasteiger partial charge in [0.15, 0.2) is 0 Å². The third kappa shape index (κ3) is 2.39. The molecule has 0 radical (unpaired) electrons. The molecule has 1 aliphatic heterocycles. The molecule has 1 aliphatic rings. The highest BCUT2D eigenvalue weighted by Crippen LogP contribution is 2.32. The van der Waals surface area contributed by atoms with E-state index in [0.717, 1.165) is 24.6 Å². The third-order valence-corrected chi connectivity index (χ3v) is 3.79. The van der Waals surface area contributed by atoms with Crippen molar-refractivity contribution in [2.45, 2.75) is 6.54 Å². The molecule has 4 nitrogen and oxygen atoms in total. The number of anilines is 1. The number of rotatable bonds is 2. The lowest BCUT2D eigenvalue weighted by Crippen LogP contribution is -2.35. The number of fused-ring (bicyclic) bond motifs is 1. The second-order valence-electron chi connectivity index (χ2n) is 5.31. The highest BCUT2D eigenvalue weighted by molar-refractivity contribution is 5.95. The predicted octanol–water partition coefficient (Wildman–Crippen LogP) is 3.48. The lowest BCUT2D eigenvalue weighted by Gasteiger charge is -2.30. The fourth-order valence-corrected chi connectivity index (χ4v) is 2.75. The van der Waals surface area contributed by atoms with Gasteiger partial charge >= 0.3 is 0 Å². The Hall–Kier alpha value is -2.88. The summed E-state index contributed by atoms with van der Waals surface area (Å²) in [5.74, 6) is 0.944. The first-order valence-electron chi connectivity index (χ1n) is 7.36. The van der Waals surface area contributed by atoms with Crippen molar-refractivity contribution in [1.82, 2.24) is 9.78 Å². The molecule has 0 fully saturated rings. The summed E-state index contributed by atoms with van der Waals surface area (Å²) < 4.78 is 1.84. The molecule has 0 bridgehead atoms. The van der Waals surface area contributed by atoms with Crippen LogP contribution in [0.4, 0.5) is 11.4 Å². The Morgan fingerprint density at radius 2 is 1.73 bits per heavy atom. The van der Waals surface area contributed by atoms with E-state index in [1.165, 1.54) is 11.3 Å². The van der Waals surface area contributed by atoms with Crippen molar-refractivity contribution in [1.29, 1.82) is 0 Å². The van der Waals surface area contributed by atoms with Crippen LogP contribution in [-0.2, 0) is 6.54 Å². The van der Waals surface area contributed by atoms with Gasteiger partial charge in [0, 0.05) is 18.9 Å². The number of hydrogen-bond donors (Lipinski definition) is 0. The summed E-state index contributed by atoms with van der Waals surface area (Å²) in [4.78, 5) is 7.10. The molecule has 22 heavy (non-hydrogen) atoms. The molecule has 0 atom stereocenters. The quantitative estimate of drug-likeness (QED) is 0.723. The Balaban J connectivity index is 1.72. The summed E-state index contributed by atoms with van der Waals surface area (Å²) in [6, 6.07) is 20.7. The van der Waals surface area contributed by atoms with Crippen molar-refractivity contribution in [2.75, 3.05) is 11.4 Å². The fourth-order valence-electron chi connectivity index (χ4n) is 2.75. The van der Waals surface area contributed by atoms with Gasteiger partial charge in [0.1, 0.15) is 5.84 Å². The van der Waals surface area contributed by atoms with Gasteiger partial charge in [0.2, 0.25) is 0 Å². The molecule has 0 spiro atoms. The average molecular weight is 288 g/mol. The van der Waals surface area contributed by atoms with Crippen molar-refractivity contribution < 1.29 is 0 Å². The van der Waals surface area contributed by atoms with E-state index < -0.39 is 0 Å². The van der Waals surface area contributed by atoms with Crippen molar-refractivity contribution in [3.8, 4) is 0 Å². The molecule has 108 valence electrons. The average Bonchev–Trinajstić information content (AvgIpc) is 3.10. The molecule has 0 N–H and O–H groups in total. The summed E-state index contributed by atoms with van der Waals surface area (Å²) >= 11 is 0. The lowest BCUT2D eigenvalue weighted by molar-refractivity contribution is 0.825. The highest BCUT2D eigenvalue weighted by Gasteiger charge is 2.20. The van der Waals surface area contributed by atoms with Crippen molar-refractivity contribution in [2.24, 2.45) is 4.99 Å². The van der Waals surface area contributed by atoms with Crippen LogP contribution in [0.25, 0.3) is 0 Å². The Bertz CT molecular complexity index is 791. The minimum atomic E-state index is 0.744. The molecular formula is C18H16N4. The molecule has 4 heteroatoms. The van der Waals surface area contributed by atoms with Gasteiger partial charge in [0.25, 0.3) is 0 Å². The van der Waals surface area contributed by atoms with Gasteiger partial charge < -0.3 is 4.90 Å². The Morgan fingerprint density at radius 3 is 2.55 bits per heavy atom. The Morgan fingerprint density at radius 1 is 0.909 bits per heavy atom. The number of para-hydroxylation sites is 2. The minimum Gasteiger partial charge on any atom is -0.358 e. The third-order valence-electron chi connectivity index (χ3n) is 3.79. The van der Waals surface area contributed by atoms with Crippen molar-refractivity contribution in [3.05, 3.63) is 78.6 Å². The van der Waals surface area contributed by atoms with Crippen LogP contribution in [0, 0.1) is 0 Å². The van der Waals surface area contributed by atoms with E-state index in [1.807, 2.05) is 29.1 Å². The minimum absolute atomic E-state index is 0.744. The van der Waals surface area contributed by atoms with Gasteiger partial charge in [-0.05, 0) is 23.8 Å². The summed E-state index contributed by atoms with van der Waals surface area (Å²) in [5.41, 5.74) is 3.46. The van der Waals surface area contributed by atoms with Crippen molar-refractivity contribution >= 4 is 17.2 Å². The van der Waals surface area contributed by atoms with Crippen LogP contribution >= 0.6 is 0 Å². The molecule has 2 aromatic carbocycles. The molecule has 0 unspecified atom stereocenters. The van der Waals surface area contributed by atoms with Crippen molar-refractivity contribution in [3.63, 3.8) is 0 Å². The zero-order valence-corrected chi connectivity index (χ0v) is 12.1. The van der Waals surface area contributed by atoms with Crippen LogP contribution < -0.4 is 4.90 Å². The van der Waals surface area contributed by atoms with Gasteiger partial charge in [-0.3, -0.25) is 0 Å². The zero-order valence-electron chi connectivity index (χ0n) is 12.1. The van der Waals surface area contributed by atoms with Gasteiger partial charge in [-0.15, -0.1) is 0 Å². The molecule has 4 rings (SSSR count). The first-order valence-corrected chi connectivity index (χ1v) is 7.36. The molecule has 0 aliphatic carbocycles. The monoisotopic (exact) mass is 288 g/mol. The molecule has 1 aromatic heterocycles. The Labute approximate surface area is 129 Å². The van der Waals surface area contributed by atoms with Crippen LogP contribution in [0.2, 0.25) is 0 Å². The standard InChI is InChI=1S/C18H16N4/c1-2-7-15(8-3-1)13-21-14-18(22-12-6-11-19-22)20-16-9-4-5-10-17(16)21/h1-12H,13-14H2. The maximum absolute atomic E-state index is 4.76. The molecule has 3 aromatic rings. The smallest absolute Gasteiger partial charge is 0.149 e. The van der Waals surface area contributed by atoms with Gasteiger partial charge in [-0.2, -0.15) is 5.10 Å². The molecule has 0 amide bonds. The fraction of sp³-hybridized carbons (Fsp3) is 0.111. The number of nitrogens with zero attached hydrogens (tertiary/aromatic N) is 4. The molecule has 0 saturated carbocycles. The zero-order chi connectivity index (χ0) is 14.8. The van der Waals surface area contributed by atoms with E-state index >= 15 is 0 Å². The second-order valence-corrected chi connectivity index (χ2v) is 5.31. The largest absolute Gasteiger partial charge is 0.358 e. The summed E-state index contributed by atoms with van der Waals surface area (Å²) in [6.45, 7) is 1.60. The number of aromatic nitrogens is 2. The van der Waals surface area contributed by atoms with E-state index in [9.17, 15) is 0 Å². The number of hydrogen-bond acceptors (Lipinski definition) is 3. The van der Waals surface area contributed by atoms with E-state index in [2.05, 4.69) is 52.5 Å². The highest BCUT2D eigenvalue weighted by atomic mass is 15.3. The molecular weight excluding hydrogens is 272 g/mol. The first-order chi connectivity index (χ1) is 10.9. The van der Waals surface area contributed by atoms with Crippen LogP contribution in [0.1, 0.15) is 5.56 Å². The summed E-state index contributed by atoms with van der Waals surface area (Å²) in [6.07, 6.45) is 3.72. The van der Waals surface area contributed by atoms with E-state index in [0.29, 0.717) is 0 Å². The van der Waals surface area contributed by atoms with Crippen LogP contribution in [-0.4, -0.2) is 22.2 Å². The molecule has 0 saturated heterocycles. The van der Waals surface area contributed by atoms with Gasteiger partial charge in [-0.25, -0.2) is 9.67 Å². The van der Waals surface area contributed by atoms with E-state index in [4.69, 9.17) is 4.99 Å². The van der Waals surface area contributed by atoms with E-state index in [1.54, 1.807) is 6.20 Å². The normalized spacial score (nSPS) is 13.6.